The van der Waals surface area contributed by atoms with E-state index in [-0.39, 0.29) is 17.0 Å². The minimum atomic E-state index is -0.196. The fourth-order valence-corrected chi connectivity index (χ4v) is 3.42. The molecule has 3 N–H and O–H groups in total. The molecule has 25 heavy (non-hydrogen) atoms. The smallest absolute Gasteiger partial charge is 0.205 e. The Morgan fingerprint density at radius 3 is 2.64 bits per heavy atom. The molecule has 0 atom stereocenters. The van der Waals surface area contributed by atoms with Crippen LogP contribution in [0.1, 0.15) is 20.8 Å². The molecular formula is C19H15N3O2S. The number of hydrogen-bond donors (Lipinski definition) is 2. The molecule has 0 aliphatic rings. The van der Waals surface area contributed by atoms with Crippen molar-refractivity contribution in [3.05, 3.63) is 70.6 Å². The van der Waals surface area contributed by atoms with Gasteiger partial charge in [-0.1, -0.05) is 36.4 Å². The number of hydrogen-bond acceptors (Lipinski definition) is 6. The molecular weight excluding hydrogens is 334 g/mol. The van der Waals surface area contributed by atoms with Crippen molar-refractivity contribution >= 4 is 33.5 Å². The van der Waals surface area contributed by atoms with Gasteiger partial charge in [-0.25, -0.2) is 0 Å². The number of nitrogen functional groups attached to an aromatic ring is 1. The van der Waals surface area contributed by atoms with Crippen LogP contribution in [0.4, 0.5) is 16.4 Å². The van der Waals surface area contributed by atoms with Gasteiger partial charge in [-0.05, 0) is 12.1 Å². The summed E-state index contributed by atoms with van der Waals surface area (Å²) in [5, 5.41) is 13.1. The number of carbonyl (C=O) groups excluding carboxylic acids is 1. The van der Waals surface area contributed by atoms with Crippen molar-refractivity contribution in [2.75, 3.05) is 18.2 Å². The van der Waals surface area contributed by atoms with E-state index in [0.717, 1.165) is 5.69 Å². The molecule has 124 valence electrons. The second-order valence-electron chi connectivity index (χ2n) is 5.21. The molecule has 0 radical (unpaired) electrons. The summed E-state index contributed by atoms with van der Waals surface area (Å²) in [5.74, 6) is 0.493. The molecule has 3 rings (SSSR count). The molecule has 5 nitrogen and oxygen atoms in total. The lowest BCUT2D eigenvalue weighted by molar-refractivity contribution is 0.104. The summed E-state index contributed by atoms with van der Waals surface area (Å²) in [4.78, 5) is 13.0. The lowest BCUT2D eigenvalue weighted by Gasteiger charge is -2.06. The number of rotatable bonds is 5. The standard InChI is InChI=1S/C19H15N3O2S/c1-24-14-9-5-8-13(10-14)22-19-15(11-20)16(21)18(25-19)17(23)12-6-3-2-4-7-12/h2-10,22H,21H2,1H3. The zero-order chi connectivity index (χ0) is 17.8. The minimum absolute atomic E-state index is 0.196. The number of nitrogens with zero attached hydrogens (tertiary/aromatic N) is 1. The maximum absolute atomic E-state index is 12.7. The molecule has 0 aliphatic heterocycles. The third-order valence-electron chi connectivity index (χ3n) is 3.63. The van der Waals surface area contributed by atoms with Crippen LogP contribution in [-0.4, -0.2) is 12.9 Å². The van der Waals surface area contributed by atoms with Gasteiger partial charge in [0.1, 0.15) is 27.3 Å². The quantitative estimate of drug-likeness (QED) is 0.675. The lowest BCUT2D eigenvalue weighted by Crippen LogP contribution is -2.02. The third kappa shape index (κ3) is 3.32. The number of anilines is 3. The predicted octanol–water partition coefficient (Wildman–Crippen LogP) is 4.19. The molecule has 0 fully saturated rings. The van der Waals surface area contributed by atoms with E-state index < -0.39 is 0 Å². The summed E-state index contributed by atoms with van der Waals surface area (Å²) in [6.07, 6.45) is 0. The van der Waals surface area contributed by atoms with E-state index in [1.807, 2.05) is 24.3 Å². The Morgan fingerprint density at radius 1 is 1.20 bits per heavy atom. The Hall–Kier alpha value is -3.30. The summed E-state index contributed by atoms with van der Waals surface area (Å²) >= 11 is 1.17. The fraction of sp³-hybridized carbons (Fsp3) is 0.0526. The van der Waals surface area contributed by atoms with Crippen molar-refractivity contribution in [2.45, 2.75) is 0 Å². The first-order valence-corrected chi connectivity index (χ1v) is 8.29. The van der Waals surface area contributed by atoms with Crippen LogP contribution in [0, 0.1) is 11.3 Å². The van der Waals surface area contributed by atoms with Gasteiger partial charge in [-0.15, -0.1) is 11.3 Å². The average molecular weight is 349 g/mol. The van der Waals surface area contributed by atoms with Crippen molar-refractivity contribution in [2.24, 2.45) is 0 Å². The van der Waals surface area contributed by atoms with Gasteiger partial charge in [0.15, 0.2) is 0 Å². The Morgan fingerprint density at radius 2 is 1.96 bits per heavy atom. The normalized spacial score (nSPS) is 10.1. The van der Waals surface area contributed by atoms with E-state index in [1.54, 1.807) is 37.4 Å². The molecule has 0 aliphatic carbocycles. The van der Waals surface area contributed by atoms with Crippen LogP contribution >= 0.6 is 11.3 Å². The zero-order valence-corrected chi connectivity index (χ0v) is 14.3. The summed E-state index contributed by atoms with van der Waals surface area (Å²) < 4.78 is 5.19. The van der Waals surface area contributed by atoms with Gasteiger partial charge in [0.2, 0.25) is 5.78 Å². The van der Waals surface area contributed by atoms with E-state index in [4.69, 9.17) is 10.5 Å². The van der Waals surface area contributed by atoms with E-state index in [9.17, 15) is 10.1 Å². The number of nitrogens with one attached hydrogen (secondary N) is 1. The average Bonchev–Trinajstić information content (AvgIpc) is 2.97. The van der Waals surface area contributed by atoms with E-state index in [0.29, 0.717) is 21.2 Å². The molecule has 0 amide bonds. The highest BCUT2D eigenvalue weighted by Gasteiger charge is 2.22. The summed E-state index contributed by atoms with van der Waals surface area (Å²) in [6.45, 7) is 0. The number of ether oxygens (including phenoxy) is 1. The Labute approximate surface area is 149 Å². The molecule has 0 bridgehead atoms. The first kappa shape index (κ1) is 16.6. The number of ketones is 1. The van der Waals surface area contributed by atoms with E-state index >= 15 is 0 Å². The Kier molecular flexibility index (Phi) is 4.68. The van der Waals surface area contributed by atoms with Crippen LogP contribution in [-0.2, 0) is 0 Å². The maximum atomic E-state index is 12.7. The number of methoxy groups -OCH3 is 1. The van der Waals surface area contributed by atoms with Gasteiger partial charge in [0.05, 0.1) is 12.8 Å². The first-order valence-electron chi connectivity index (χ1n) is 7.47. The third-order valence-corrected chi connectivity index (χ3v) is 4.75. The maximum Gasteiger partial charge on any atom is 0.205 e. The molecule has 1 heterocycles. The topological polar surface area (TPSA) is 88.1 Å². The molecule has 0 unspecified atom stereocenters. The van der Waals surface area contributed by atoms with Gasteiger partial charge in [-0.3, -0.25) is 4.79 Å². The van der Waals surface area contributed by atoms with Crippen molar-refractivity contribution in [1.82, 2.24) is 0 Å². The van der Waals surface area contributed by atoms with Crippen molar-refractivity contribution < 1.29 is 9.53 Å². The second-order valence-corrected chi connectivity index (χ2v) is 6.23. The van der Waals surface area contributed by atoms with E-state index in [2.05, 4.69) is 11.4 Å². The molecule has 3 aromatic rings. The Bertz CT molecular complexity index is 959. The molecule has 0 spiro atoms. The summed E-state index contributed by atoms with van der Waals surface area (Å²) in [7, 11) is 1.58. The summed E-state index contributed by atoms with van der Waals surface area (Å²) in [6, 6.07) is 18.2. The van der Waals surface area contributed by atoms with Crippen LogP contribution in [0.5, 0.6) is 5.75 Å². The van der Waals surface area contributed by atoms with Crippen molar-refractivity contribution in [3.8, 4) is 11.8 Å². The van der Waals surface area contributed by atoms with Crippen LogP contribution in [0.25, 0.3) is 0 Å². The van der Waals surface area contributed by atoms with Crippen LogP contribution in [0.15, 0.2) is 54.6 Å². The van der Waals surface area contributed by atoms with E-state index in [1.165, 1.54) is 11.3 Å². The summed E-state index contributed by atoms with van der Waals surface area (Å²) in [5.41, 5.74) is 7.82. The Balaban J connectivity index is 1.98. The highest BCUT2D eigenvalue weighted by Crippen LogP contribution is 2.38. The van der Waals surface area contributed by atoms with Gasteiger partial charge in [-0.2, -0.15) is 5.26 Å². The number of nitriles is 1. The van der Waals surface area contributed by atoms with Gasteiger partial charge < -0.3 is 15.8 Å². The molecule has 6 heteroatoms. The van der Waals surface area contributed by atoms with Crippen molar-refractivity contribution in [1.29, 1.82) is 5.26 Å². The highest BCUT2D eigenvalue weighted by atomic mass is 32.1. The van der Waals surface area contributed by atoms with Crippen LogP contribution in [0.2, 0.25) is 0 Å². The predicted molar refractivity (Wildman–Crippen MR) is 99.6 cm³/mol. The van der Waals surface area contributed by atoms with Crippen molar-refractivity contribution in [3.63, 3.8) is 0 Å². The minimum Gasteiger partial charge on any atom is -0.497 e. The van der Waals surface area contributed by atoms with Crippen LogP contribution in [0.3, 0.4) is 0 Å². The van der Waals surface area contributed by atoms with Gasteiger partial charge >= 0.3 is 0 Å². The molecule has 1 aromatic heterocycles. The lowest BCUT2D eigenvalue weighted by atomic mass is 10.1. The SMILES string of the molecule is COc1cccc(Nc2sc(C(=O)c3ccccc3)c(N)c2C#N)c1. The number of thiophene rings is 1. The molecule has 0 saturated heterocycles. The van der Waals surface area contributed by atoms with Gasteiger partial charge in [0.25, 0.3) is 0 Å². The first-order chi connectivity index (χ1) is 12.1. The van der Waals surface area contributed by atoms with Crippen LogP contribution < -0.4 is 15.8 Å². The van der Waals surface area contributed by atoms with Gasteiger partial charge in [0, 0.05) is 17.3 Å². The second kappa shape index (κ2) is 7.07. The number of benzene rings is 2. The number of nitrogens with two attached hydrogens (primary N) is 1. The largest absolute Gasteiger partial charge is 0.497 e. The highest BCUT2D eigenvalue weighted by molar-refractivity contribution is 7.19. The molecule has 2 aromatic carbocycles. The fourth-order valence-electron chi connectivity index (χ4n) is 2.36. The monoisotopic (exact) mass is 349 g/mol. The zero-order valence-electron chi connectivity index (χ0n) is 13.4. The molecule has 0 saturated carbocycles. The number of carbonyl (C=O) groups is 1.